The van der Waals surface area contributed by atoms with E-state index < -0.39 is 12.1 Å². The second-order valence-corrected chi connectivity index (χ2v) is 8.04. The summed E-state index contributed by atoms with van der Waals surface area (Å²) >= 11 is 0. The minimum atomic E-state index is -0.566. The van der Waals surface area contributed by atoms with E-state index in [9.17, 15) is 9.59 Å². The fourth-order valence-corrected chi connectivity index (χ4v) is 3.95. The molecule has 178 valence electrons. The van der Waals surface area contributed by atoms with Crippen LogP contribution in [0, 0.1) is 0 Å². The number of aromatic nitrogens is 1. The quantitative estimate of drug-likeness (QED) is 0.267. The number of ether oxygens (including phenoxy) is 1. The van der Waals surface area contributed by atoms with Crippen LogP contribution < -0.4 is 10.7 Å². The molecule has 0 fully saturated rings. The molecule has 0 radical (unpaired) electrons. The van der Waals surface area contributed by atoms with Crippen LogP contribution in [0.4, 0.5) is 4.79 Å². The van der Waals surface area contributed by atoms with E-state index in [0.717, 1.165) is 28.6 Å². The largest absolute Gasteiger partial charge is 0.450 e. The van der Waals surface area contributed by atoms with Crippen LogP contribution in [0.3, 0.4) is 0 Å². The third-order valence-electron chi connectivity index (χ3n) is 5.57. The predicted octanol–water partition coefficient (Wildman–Crippen LogP) is 5.02. The maximum atomic E-state index is 12.6. The van der Waals surface area contributed by atoms with E-state index in [2.05, 4.69) is 38.6 Å². The molecular formula is C28H28N4O3. The molecule has 0 spiro atoms. The van der Waals surface area contributed by atoms with E-state index in [1.807, 2.05) is 72.9 Å². The Kier molecular flexibility index (Phi) is 7.91. The minimum absolute atomic E-state index is 0.0237. The Labute approximate surface area is 204 Å². The van der Waals surface area contributed by atoms with E-state index in [1.54, 1.807) is 13.1 Å². The average Bonchev–Trinajstić information content (AvgIpc) is 3.22. The highest BCUT2D eigenvalue weighted by Crippen LogP contribution is 2.21. The van der Waals surface area contributed by atoms with Crippen LogP contribution in [0.2, 0.25) is 0 Å². The van der Waals surface area contributed by atoms with Gasteiger partial charge >= 0.3 is 6.09 Å². The fraction of sp³-hybridized carbons (Fsp3) is 0.179. The SMILES string of the molecule is CCOC(=O)N[C@@H](CC(=O)N/N=C\c1cn(Cc2ccccc2)c2ccccc12)c1ccccc1. The molecule has 2 N–H and O–H groups in total. The molecule has 1 atom stereocenters. The van der Waals surface area contributed by atoms with Gasteiger partial charge in [-0.15, -0.1) is 0 Å². The van der Waals surface area contributed by atoms with Crippen molar-refractivity contribution in [2.24, 2.45) is 5.10 Å². The van der Waals surface area contributed by atoms with Crippen molar-refractivity contribution < 1.29 is 14.3 Å². The number of benzene rings is 3. The second kappa shape index (κ2) is 11.7. The first-order chi connectivity index (χ1) is 17.1. The van der Waals surface area contributed by atoms with E-state index >= 15 is 0 Å². The van der Waals surface area contributed by atoms with Gasteiger partial charge in [-0.1, -0.05) is 78.9 Å². The van der Waals surface area contributed by atoms with Crippen molar-refractivity contribution in [1.82, 2.24) is 15.3 Å². The Bertz CT molecular complexity index is 1300. The van der Waals surface area contributed by atoms with E-state index in [0.29, 0.717) is 0 Å². The van der Waals surface area contributed by atoms with Crippen molar-refractivity contribution in [2.75, 3.05) is 6.61 Å². The zero-order valence-corrected chi connectivity index (χ0v) is 19.6. The van der Waals surface area contributed by atoms with Crippen LogP contribution >= 0.6 is 0 Å². The number of rotatable bonds is 9. The van der Waals surface area contributed by atoms with Gasteiger partial charge in [-0.05, 0) is 24.1 Å². The lowest BCUT2D eigenvalue weighted by molar-refractivity contribution is -0.121. The van der Waals surface area contributed by atoms with Crippen molar-refractivity contribution in [3.8, 4) is 0 Å². The molecule has 2 amide bonds. The summed E-state index contributed by atoms with van der Waals surface area (Å²) in [5.41, 5.74) is 6.59. The molecule has 0 saturated carbocycles. The average molecular weight is 469 g/mol. The molecule has 0 aliphatic carbocycles. The van der Waals surface area contributed by atoms with Gasteiger partial charge in [0.1, 0.15) is 0 Å². The number of carbonyl (C=O) groups is 2. The van der Waals surface area contributed by atoms with E-state index in [-0.39, 0.29) is 18.9 Å². The monoisotopic (exact) mass is 468 g/mol. The summed E-state index contributed by atoms with van der Waals surface area (Å²) in [5, 5.41) is 7.99. The highest BCUT2D eigenvalue weighted by Gasteiger charge is 2.19. The van der Waals surface area contributed by atoms with Crippen LogP contribution in [0.25, 0.3) is 10.9 Å². The first-order valence-electron chi connectivity index (χ1n) is 11.6. The van der Waals surface area contributed by atoms with Gasteiger partial charge < -0.3 is 14.6 Å². The number of nitrogens with one attached hydrogen (secondary N) is 2. The zero-order chi connectivity index (χ0) is 24.5. The second-order valence-electron chi connectivity index (χ2n) is 8.04. The van der Waals surface area contributed by atoms with Crippen molar-refractivity contribution in [3.05, 3.63) is 108 Å². The number of hydrogen-bond acceptors (Lipinski definition) is 4. The number of hydrazone groups is 1. The number of carbonyl (C=O) groups excluding carboxylic acids is 2. The highest BCUT2D eigenvalue weighted by molar-refractivity contribution is 5.99. The Morgan fingerprint density at radius 2 is 1.66 bits per heavy atom. The summed E-state index contributed by atoms with van der Waals surface area (Å²) in [6.07, 6.45) is 3.14. The number of alkyl carbamates (subject to hydrolysis) is 1. The van der Waals surface area contributed by atoms with Crippen LogP contribution in [0.15, 0.2) is 96.2 Å². The van der Waals surface area contributed by atoms with Crippen molar-refractivity contribution >= 4 is 29.1 Å². The van der Waals surface area contributed by atoms with Crippen LogP contribution in [0.5, 0.6) is 0 Å². The number of amides is 2. The molecular weight excluding hydrogens is 440 g/mol. The van der Waals surface area contributed by atoms with Crippen LogP contribution in [-0.4, -0.2) is 29.4 Å². The lowest BCUT2D eigenvalue weighted by atomic mass is 10.0. The number of para-hydroxylation sites is 1. The highest BCUT2D eigenvalue weighted by atomic mass is 16.5. The Hall–Kier alpha value is -4.39. The summed E-state index contributed by atoms with van der Waals surface area (Å²) in [6.45, 7) is 2.72. The number of hydrogen-bond donors (Lipinski definition) is 2. The topological polar surface area (TPSA) is 84.7 Å². The first-order valence-corrected chi connectivity index (χ1v) is 11.6. The molecule has 4 rings (SSSR count). The third kappa shape index (κ3) is 6.35. The molecule has 7 heteroatoms. The molecule has 0 aliphatic heterocycles. The fourth-order valence-electron chi connectivity index (χ4n) is 3.95. The summed E-state index contributed by atoms with van der Waals surface area (Å²) in [4.78, 5) is 24.6. The standard InChI is InChI=1S/C28H28N4O3/c1-2-35-28(34)30-25(22-13-7-4-8-14-22)17-27(33)31-29-18-23-20-32(19-21-11-5-3-6-12-21)26-16-10-9-15-24(23)26/h3-16,18,20,25H,2,17,19H2,1H3,(H,30,34)(H,31,33)/b29-18-/t25-/m0/s1. The maximum Gasteiger partial charge on any atom is 0.407 e. The predicted molar refractivity (Wildman–Crippen MR) is 137 cm³/mol. The molecule has 0 saturated heterocycles. The van der Waals surface area contributed by atoms with Crippen molar-refractivity contribution in [2.45, 2.75) is 25.9 Å². The summed E-state index contributed by atoms with van der Waals surface area (Å²) in [7, 11) is 0. The molecule has 1 heterocycles. The summed E-state index contributed by atoms with van der Waals surface area (Å²) in [5.74, 6) is -0.320. The zero-order valence-electron chi connectivity index (χ0n) is 19.6. The van der Waals surface area contributed by atoms with Crippen molar-refractivity contribution in [1.29, 1.82) is 0 Å². The first kappa shape index (κ1) is 23.8. The van der Waals surface area contributed by atoms with Gasteiger partial charge in [-0.25, -0.2) is 10.2 Å². The molecule has 1 aromatic heterocycles. The van der Waals surface area contributed by atoms with Gasteiger partial charge in [0.2, 0.25) is 5.91 Å². The molecule has 0 unspecified atom stereocenters. The Balaban J connectivity index is 1.45. The Morgan fingerprint density at radius 1 is 0.971 bits per heavy atom. The van der Waals surface area contributed by atoms with Gasteiger partial charge in [0.25, 0.3) is 0 Å². The molecule has 3 aromatic carbocycles. The van der Waals surface area contributed by atoms with Gasteiger partial charge in [-0.3, -0.25) is 4.79 Å². The maximum absolute atomic E-state index is 12.6. The third-order valence-corrected chi connectivity index (χ3v) is 5.57. The summed E-state index contributed by atoms with van der Waals surface area (Å²) in [6, 6.07) is 27.1. The smallest absolute Gasteiger partial charge is 0.407 e. The molecule has 7 nitrogen and oxygen atoms in total. The van der Waals surface area contributed by atoms with E-state index in [1.165, 1.54) is 5.56 Å². The van der Waals surface area contributed by atoms with Crippen molar-refractivity contribution in [3.63, 3.8) is 0 Å². The van der Waals surface area contributed by atoms with Crippen LogP contribution in [-0.2, 0) is 16.1 Å². The van der Waals surface area contributed by atoms with Gasteiger partial charge in [-0.2, -0.15) is 5.10 Å². The van der Waals surface area contributed by atoms with Gasteiger partial charge in [0, 0.05) is 29.2 Å². The van der Waals surface area contributed by atoms with Gasteiger partial charge in [0.05, 0.1) is 25.3 Å². The lowest BCUT2D eigenvalue weighted by Gasteiger charge is -2.18. The van der Waals surface area contributed by atoms with Gasteiger partial charge in [0.15, 0.2) is 0 Å². The van der Waals surface area contributed by atoms with Crippen LogP contribution in [0.1, 0.15) is 36.1 Å². The van der Waals surface area contributed by atoms with E-state index in [4.69, 9.17) is 4.74 Å². The molecule has 0 aliphatic rings. The summed E-state index contributed by atoms with van der Waals surface area (Å²) < 4.78 is 7.16. The molecule has 35 heavy (non-hydrogen) atoms. The normalized spacial score (nSPS) is 11.9. The molecule has 4 aromatic rings. The number of nitrogens with zero attached hydrogens (tertiary/aromatic N) is 2. The Morgan fingerprint density at radius 3 is 2.40 bits per heavy atom. The number of fused-ring (bicyclic) bond motifs is 1. The minimum Gasteiger partial charge on any atom is -0.450 e. The lowest BCUT2D eigenvalue weighted by Crippen LogP contribution is -2.33. The molecule has 0 bridgehead atoms.